The summed E-state index contributed by atoms with van der Waals surface area (Å²) in [7, 11) is -3.54. The summed E-state index contributed by atoms with van der Waals surface area (Å²) in [5.74, 6) is 2.40. The molecule has 1 amide bonds. The average Bonchev–Trinajstić information content (AvgIpc) is 3.28. The van der Waals surface area contributed by atoms with Gasteiger partial charge in [-0.1, -0.05) is 41.8 Å². The van der Waals surface area contributed by atoms with Gasteiger partial charge in [-0.2, -0.15) is 4.31 Å². The molecular weight excluding hydrogens is 420 g/mol. The van der Waals surface area contributed by atoms with E-state index in [-0.39, 0.29) is 18.4 Å². The van der Waals surface area contributed by atoms with Crippen molar-refractivity contribution in [2.75, 3.05) is 19.6 Å². The fourth-order valence-corrected chi connectivity index (χ4v) is 6.22. The molecule has 0 N–H and O–H groups in total. The van der Waals surface area contributed by atoms with Crippen LogP contribution >= 0.6 is 0 Å². The number of terminal acetylenes is 1. The van der Waals surface area contributed by atoms with Gasteiger partial charge in [-0.3, -0.25) is 4.79 Å². The Labute approximate surface area is 191 Å². The fraction of sp³-hybridized carbons (Fsp3) is 0.423. The molecule has 1 saturated heterocycles. The first-order chi connectivity index (χ1) is 15.4. The largest absolute Gasteiger partial charge is 0.327 e. The standard InChI is InChI=1S/C26H30N2O3S/c1-3-15-27(19-21-9-7-20(2)8-10-21)26(29)23-13-16-28(17-14-23)32(30,31)25-12-11-22-5-4-6-24(22)18-25/h1,7-12,18,23H,4-6,13-17,19H2,2H3. The summed E-state index contributed by atoms with van der Waals surface area (Å²) in [6.45, 7) is 3.45. The summed E-state index contributed by atoms with van der Waals surface area (Å²) in [5.41, 5.74) is 4.61. The van der Waals surface area contributed by atoms with Gasteiger partial charge in [0.2, 0.25) is 15.9 Å². The van der Waals surface area contributed by atoms with Gasteiger partial charge in [0.1, 0.15) is 0 Å². The Bertz CT molecular complexity index is 1120. The number of hydrogen-bond acceptors (Lipinski definition) is 3. The summed E-state index contributed by atoms with van der Waals surface area (Å²) >= 11 is 0. The number of piperidine rings is 1. The van der Waals surface area contributed by atoms with E-state index in [0.29, 0.717) is 37.4 Å². The number of hydrogen-bond donors (Lipinski definition) is 0. The normalized spacial score (nSPS) is 17.0. The van der Waals surface area contributed by atoms with Crippen molar-refractivity contribution in [1.82, 2.24) is 9.21 Å². The van der Waals surface area contributed by atoms with E-state index in [2.05, 4.69) is 5.92 Å². The van der Waals surface area contributed by atoms with E-state index in [1.165, 1.54) is 15.4 Å². The van der Waals surface area contributed by atoms with Gasteiger partial charge in [-0.25, -0.2) is 8.42 Å². The van der Waals surface area contributed by atoms with Crippen LogP contribution in [0.15, 0.2) is 47.4 Å². The van der Waals surface area contributed by atoms with Crippen LogP contribution in [0.4, 0.5) is 0 Å². The molecule has 2 aliphatic rings. The number of amides is 1. The van der Waals surface area contributed by atoms with E-state index < -0.39 is 10.0 Å². The maximum Gasteiger partial charge on any atom is 0.243 e. The Hall–Kier alpha value is -2.62. The number of fused-ring (bicyclic) bond motifs is 1. The summed E-state index contributed by atoms with van der Waals surface area (Å²) in [5, 5.41) is 0. The molecule has 0 unspecified atom stereocenters. The van der Waals surface area contributed by atoms with Crippen LogP contribution in [-0.2, 0) is 34.2 Å². The van der Waals surface area contributed by atoms with Crippen LogP contribution in [0, 0.1) is 25.2 Å². The third kappa shape index (κ3) is 4.74. The van der Waals surface area contributed by atoms with Crippen molar-refractivity contribution in [1.29, 1.82) is 0 Å². The highest BCUT2D eigenvalue weighted by molar-refractivity contribution is 7.89. The van der Waals surface area contributed by atoms with E-state index in [1.807, 2.05) is 43.3 Å². The molecule has 168 valence electrons. The Morgan fingerprint density at radius 3 is 2.47 bits per heavy atom. The van der Waals surface area contributed by atoms with Crippen LogP contribution in [0.1, 0.15) is 41.5 Å². The smallest absolute Gasteiger partial charge is 0.243 e. The van der Waals surface area contributed by atoms with Gasteiger partial charge in [0.25, 0.3) is 0 Å². The van der Waals surface area contributed by atoms with Gasteiger partial charge in [-0.05, 0) is 67.9 Å². The van der Waals surface area contributed by atoms with Crippen molar-refractivity contribution in [3.05, 3.63) is 64.7 Å². The zero-order valence-electron chi connectivity index (χ0n) is 18.6. The van der Waals surface area contributed by atoms with E-state index in [4.69, 9.17) is 6.42 Å². The fourth-order valence-electron chi connectivity index (χ4n) is 4.69. The summed E-state index contributed by atoms with van der Waals surface area (Å²) in [6.07, 6.45) is 9.61. The third-order valence-electron chi connectivity index (χ3n) is 6.60. The van der Waals surface area contributed by atoms with Crippen molar-refractivity contribution < 1.29 is 13.2 Å². The third-order valence-corrected chi connectivity index (χ3v) is 8.49. The number of carbonyl (C=O) groups is 1. The van der Waals surface area contributed by atoms with E-state index in [0.717, 1.165) is 30.4 Å². The van der Waals surface area contributed by atoms with Crippen LogP contribution in [0.2, 0.25) is 0 Å². The Morgan fingerprint density at radius 1 is 1.09 bits per heavy atom. The van der Waals surface area contributed by atoms with E-state index >= 15 is 0 Å². The molecule has 0 saturated carbocycles. The second-order valence-electron chi connectivity index (χ2n) is 8.85. The minimum atomic E-state index is -3.54. The molecule has 6 heteroatoms. The number of carbonyl (C=O) groups excluding carboxylic acids is 1. The number of rotatable bonds is 6. The highest BCUT2D eigenvalue weighted by Gasteiger charge is 2.34. The molecule has 2 aromatic rings. The molecule has 0 atom stereocenters. The molecular formula is C26H30N2O3S. The molecule has 1 heterocycles. The first kappa shape index (κ1) is 22.6. The van der Waals surface area contributed by atoms with E-state index in [9.17, 15) is 13.2 Å². The van der Waals surface area contributed by atoms with E-state index in [1.54, 1.807) is 11.0 Å². The number of aryl methyl sites for hydroxylation is 3. The predicted molar refractivity (Wildman–Crippen MR) is 125 cm³/mol. The summed E-state index contributed by atoms with van der Waals surface area (Å²) in [4.78, 5) is 15.3. The lowest BCUT2D eigenvalue weighted by Gasteiger charge is -2.33. The molecule has 4 rings (SSSR count). The first-order valence-corrected chi connectivity index (χ1v) is 12.7. The van der Waals surface area contributed by atoms with Gasteiger partial charge in [0.15, 0.2) is 0 Å². The number of sulfonamides is 1. The second-order valence-corrected chi connectivity index (χ2v) is 10.8. The van der Waals surface area contributed by atoms with Crippen molar-refractivity contribution in [3.8, 4) is 12.3 Å². The number of nitrogens with zero attached hydrogens (tertiary/aromatic N) is 2. The molecule has 0 radical (unpaired) electrons. The topological polar surface area (TPSA) is 57.7 Å². The van der Waals surface area contributed by atoms with Crippen molar-refractivity contribution in [2.24, 2.45) is 5.92 Å². The van der Waals surface area contributed by atoms with Crippen LogP contribution in [0.5, 0.6) is 0 Å². The molecule has 1 aliphatic heterocycles. The van der Waals surface area contributed by atoms with Crippen molar-refractivity contribution in [3.63, 3.8) is 0 Å². The Morgan fingerprint density at radius 2 is 1.78 bits per heavy atom. The zero-order chi connectivity index (χ0) is 22.7. The van der Waals surface area contributed by atoms with Gasteiger partial charge >= 0.3 is 0 Å². The van der Waals surface area contributed by atoms with Crippen LogP contribution in [-0.4, -0.2) is 43.2 Å². The molecule has 32 heavy (non-hydrogen) atoms. The van der Waals surface area contributed by atoms with Gasteiger partial charge in [-0.15, -0.1) is 6.42 Å². The number of benzene rings is 2. The Balaban J connectivity index is 1.41. The SMILES string of the molecule is C#CCN(Cc1ccc(C)cc1)C(=O)C1CCN(S(=O)(=O)c2ccc3c(c2)CCC3)CC1. The first-order valence-electron chi connectivity index (χ1n) is 11.3. The van der Waals surface area contributed by atoms with Gasteiger partial charge in [0.05, 0.1) is 11.4 Å². The quantitative estimate of drug-likeness (QED) is 0.633. The predicted octanol–water partition coefficient (Wildman–Crippen LogP) is 3.55. The maximum atomic E-state index is 13.2. The molecule has 2 aromatic carbocycles. The lowest BCUT2D eigenvalue weighted by Crippen LogP contribution is -2.44. The van der Waals surface area contributed by atoms with Crippen LogP contribution in [0.25, 0.3) is 0 Å². The monoisotopic (exact) mass is 450 g/mol. The molecule has 0 spiro atoms. The molecule has 5 nitrogen and oxygen atoms in total. The van der Waals surface area contributed by atoms with Crippen molar-refractivity contribution in [2.45, 2.75) is 50.5 Å². The highest BCUT2D eigenvalue weighted by atomic mass is 32.2. The summed E-state index contributed by atoms with van der Waals surface area (Å²) in [6, 6.07) is 13.6. The molecule has 1 aliphatic carbocycles. The molecule has 0 aromatic heterocycles. The second kappa shape index (κ2) is 9.48. The molecule has 0 bridgehead atoms. The Kier molecular flexibility index (Phi) is 6.68. The van der Waals surface area contributed by atoms with Crippen molar-refractivity contribution >= 4 is 15.9 Å². The van der Waals surface area contributed by atoms with Gasteiger partial charge in [0, 0.05) is 25.6 Å². The highest BCUT2D eigenvalue weighted by Crippen LogP contribution is 2.29. The maximum absolute atomic E-state index is 13.2. The lowest BCUT2D eigenvalue weighted by atomic mass is 9.96. The minimum absolute atomic E-state index is 0.0121. The minimum Gasteiger partial charge on any atom is -0.327 e. The molecule has 1 fully saturated rings. The van der Waals surface area contributed by atoms with Crippen LogP contribution < -0.4 is 0 Å². The average molecular weight is 451 g/mol. The van der Waals surface area contributed by atoms with Gasteiger partial charge < -0.3 is 4.90 Å². The van der Waals surface area contributed by atoms with Crippen LogP contribution in [0.3, 0.4) is 0 Å². The zero-order valence-corrected chi connectivity index (χ0v) is 19.4. The summed E-state index contributed by atoms with van der Waals surface area (Å²) < 4.78 is 27.9. The lowest BCUT2D eigenvalue weighted by molar-refractivity contribution is -0.136.